The molecule has 0 aromatic rings. The Bertz CT molecular complexity index is 1230. The molecule has 0 spiro atoms. The fourth-order valence-corrected chi connectivity index (χ4v) is 4.67. The van der Waals surface area contributed by atoms with Crippen LogP contribution in [0.5, 0.6) is 0 Å². The summed E-state index contributed by atoms with van der Waals surface area (Å²) in [7, 11) is 0. The summed E-state index contributed by atoms with van der Waals surface area (Å²) in [5, 5.41) is 31.0. The third kappa shape index (κ3) is 25.9. The largest absolute Gasteiger partial charge is 0.511 e. The minimum absolute atomic E-state index is 0.0179. The fourth-order valence-electron chi connectivity index (χ4n) is 3.63. The monoisotopic (exact) mass is 686 g/mol. The fraction of sp³-hybridized carbons (Fsp3) is 0.417. The molecule has 0 aliphatic heterocycles. The lowest BCUT2D eigenvalue weighted by atomic mass is 10.1. The first kappa shape index (κ1) is 43.7. The third-order valence-corrected chi connectivity index (χ3v) is 7.32. The van der Waals surface area contributed by atoms with E-state index in [4.69, 9.17) is 15.9 Å². The number of carboxylic acids is 1. The first-order valence-corrected chi connectivity index (χ1v) is 16.8. The van der Waals surface area contributed by atoms with Gasteiger partial charge in [-0.2, -0.15) is 0 Å². The molecule has 0 aromatic carbocycles. The van der Waals surface area contributed by atoms with Crippen molar-refractivity contribution in [3.8, 4) is 0 Å². The Labute approximate surface area is 287 Å². The van der Waals surface area contributed by atoms with Crippen molar-refractivity contribution in [2.75, 3.05) is 12.4 Å². The lowest BCUT2D eigenvalue weighted by Crippen LogP contribution is -2.42. The molecule has 11 nitrogen and oxygen atoms in total. The van der Waals surface area contributed by atoms with Crippen molar-refractivity contribution in [1.29, 1.82) is 0 Å². The van der Waals surface area contributed by atoms with Gasteiger partial charge in [0.15, 0.2) is 12.0 Å². The van der Waals surface area contributed by atoms with Crippen molar-refractivity contribution in [2.45, 2.75) is 83.4 Å². The van der Waals surface area contributed by atoms with Crippen molar-refractivity contribution in [3.63, 3.8) is 0 Å². The standard InChI is InChI=1S/C36H50N2O9S/c1-2-3-14-20-32(43)33(21-16-13-11-9-7-5-4-6-8-10-12-15-18-29(41)19-17-26-39)48-27-30(31(42)22-25-36(45)46)38-35(44)24-23-34(37)47-28-40/h3-4,6-7,9-14,16,21,23-24,28,30,34,39,43H,2,5,8,15,17-20,22,25-27,37H2,1H3,(H,38,44)(H,45,46)/b6-4-,9-7-,12-10-,13-11+,14-3-,21-16+,24-23-,33-32-. The number of ketones is 2. The molecule has 0 bridgehead atoms. The summed E-state index contributed by atoms with van der Waals surface area (Å²) >= 11 is 1.14. The maximum Gasteiger partial charge on any atom is 0.303 e. The summed E-state index contributed by atoms with van der Waals surface area (Å²) in [6.45, 7) is 2.14. The lowest BCUT2D eigenvalue weighted by Gasteiger charge is -2.17. The number of allylic oxidation sites excluding steroid dienone is 12. The molecular formula is C36H50N2O9S. The van der Waals surface area contributed by atoms with E-state index < -0.39 is 36.4 Å². The van der Waals surface area contributed by atoms with Crippen molar-refractivity contribution >= 4 is 41.7 Å². The summed E-state index contributed by atoms with van der Waals surface area (Å²) in [6, 6.07) is -1.06. The van der Waals surface area contributed by atoms with Gasteiger partial charge in [-0.1, -0.05) is 73.8 Å². The second-order valence-corrected chi connectivity index (χ2v) is 11.2. The van der Waals surface area contributed by atoms with Crippen LogP contribution in [0.15, 0.2) is 95.7 Å². The van der Waals surface area contributed by atoms with E-state index in [2.05, 4.69) is 10.1 Å². The molecule has 0 aliphatic rings. The summed E-state index contributed by atoms with van der Waals surface area (Å²) in [6.07, 6.45) is 27.7. The Morgan fingerprint density at radius 3 is 2.25 bits per heavy atom. The van der Waals surface area contributed by atoms with E-state index in [0.717, 1.165) is 43.2 Å². The molecule has 0 saturated carbocycles. The molecule has 48 heavy (non-hydrogen) atoms. The number of aliphatic hydroxyl groups excluding tert-OH is 2. The molecule has 264 valence electrons. The zero-order chi connectivity index (χ0) is 35.8. The molecule has 1 amide bonds. The molecule has 2 atom stereocenters. The van der Waals surface area contributed by atoms with Gasteiger partial charge in [0.25, 0.3) is 6.47 Å². The zero-order valence-corrected chi connectivity index (χ0v) is 28.4. The van der Waals surface area contributed by atoms with Gasteiger partial charge < -0.3 is 25.4 Å². The van der Waals surface area contributed by atoms with E-state index >= 15 is 0 Å². The summed E-state index contributed by atoms with van der Waals surface area (Å²) in [5.74, 6) is -2.08. The second-order valence-electron chi connectivity index (χ2n) is 10.2. The normalized spacial score (nSPS) is 14.1. The topological polar surface area (TPSA) is 193 Å². The van der Waals surface area contributed by atoms with E-state index in [1.54, 1.807) is 18.2 Å². The maximum absolute atomic E-state index is 12.8. The predicted molar refractivity (Wildman–Crippen MR) is 190 cm³/mol. The van der Waals surface area contributed by atoms with E-state index in [1.165, 1.54) is 0 Å². The summed E-state index contributed by atoms with van der Waals surface area (Å²) in [5.41, 5.74) is 5.49. The summed E-state index contributed by atoms with van der Waals surface area (Å²) in [4.78, 5) is 58.6. The quantitative estimate of drug-likeness (QED) is 0.0175. The molecule has 0 saturated heterocycles. The van der Waals surface area contributed by atoms with Crippen LogP contribution in [0.4, 0.5) is 0 Å². The first-order valence-electron chi connectivity index (χ1n) is 15.8. The van der Waals surface area contributed by atoms with Crippen LogP contribution < -0.4 is 11.1 Å². The summed E-state index contributed by atoms with van der Waals surface area (Å²) < 4.78 is 4.49. The van der Waals surface area contributed by atoms with Crippen LogP contribution in [0.3, 0.4) is 0 Å². The number of aliphatic hydroxyl groups is 2. The number of Topliss-reactive ketones (excluding diaryl/α,β-unsaturated/α-hetero) is 2. The lowest BCUT2D eigenvalue weighted by molar-refractivity contribution is -0.138. The maximum atomic E-state index is 12.8. The highest BCUT2D eigenvalue weighted by atomic mass is 32.2. The number of amides is 1. The predicted octanol–water partition coefficient (Wildman–Crippen LogP) is 5.46. The first-order chi connectivity index (χ1) is 23.1. The highest BCUT2D eigenvalue weighted by molar-refractivity contribution is 8.03. The molecule has 12 heteroatoms. The second kappa shape index (κ2) is 30.1. The van der Waals surface area contributed by atoms with Gasteiger partial charge in [0.1, 0.15) is 11.5 Å². The van der Waals surface area contributed by atoms with Crippen LogP contribution in [0.1, 0.15) is 71.1 Å². The number of hydrogen-bond acceptors (Lipinski definition) is 10. The molecule has 2 unspecified atom stereocenters. The van der Waals surface area contributed by atoms with Crippen LogP contribution in [0.2, 0.25) is 0 Å². The van der Waals surface area contributed by atoms with Gasteiger partial charge in [-0.05, 0) is 44.3 Å². The van der Waals surface area contributed by atoms with Crippen LogP contribution in [0, 0.1) is 0 Å². The minimum atomic E-state index is -1.15. The van der Waals surface area contributed by atoms with Gasteiger partial charge in [-0.15, -0.1) is 11.8 Å². The van der Waals surface area contributed by atoms with Crippen LogP contribution in [0.25, 0.3) is 0 Å². The van der Waals surface area contributed by atoms with Gasteiger partial charge in [0.05, 0.1) is 12.5 Å². The molecule has 0 radical (unpaired) electrons. The molecule has 0 rings (SSSR count). The SMILES string of the molecule is CC/C=C\C\C(O)=C(/C=C/C=C/C=C\C/C=C\C/C=C\CCC(=O)CCCO)SCC(NC(=O)/C=C\C(N)OC=O)C(=O)CCC(=O)O. The Kier molecular flexibility index (Phi) is 27.4. The van der Waals surface area contributed by atoms with E-state index in [0.29, 0.717) is 30.6 Å². The minimum Gasteiger partial charge on any atom is -0.511 e. The van der Waals surface area contributed by atoms with Gasteiger partial charge in [-0.25, -0.2) is 0 Å². The van der Waals surface area contributed by atoms with Crippen LogP contribution in [-0.2, 0) is 28.7 Å². The smallest absolute Gasteiger partial charge is 0.303 e. The van der Waals surface area contributed by atoms with E-state index in [-0.39, 0.29) is 43.2 Å². The third-order valence-electron chi connectivity index (χ3n) is 6.14. The van der Waals surface area contributed by atoms with Gasteiger partial charge >= 0.3 is 5.97 Å². The molecule has 0 aromatic heterocycles. The molecular weight excluding hydrogens is 636 g/mol. The van der Waals surface area contributed by atoms with E-state index in [9.17, 15) is 29.1 Å². The zero-order valence-electron chi connectivity index (χ0n) is 27.6. The Morgan fingerprint density at radius 2 is 1.56 bits per heavy atom. The number of nitrogens with one attached hydrogen (secondary N) is 1. The number of rotatable bonds is 28. The number of ether oxygens (including phenoxy) is 1. The van der Waals surface area contributed by atoms with Gasteiger partial charge in [0.2, 0.25) is 5.91 Å². The average Bonchev–Trinajstić information content (AvgIpc) is 3.06. The van der Waals surface area contributed by atoms with Crippen molar-refractivity contribution < 1.29 is 44.0 Å². The Morgan fingerprint density at radius 1 is 0.854 bits per heavy atom. The average molecular weight is 687 g/mol. The molecule has 0 aliphatic carbocycles. The van der Waals surface area contributed by atoms with Crippen molar-refractivity contribution in [2.24, 2.45) is 5.73 Å². The molecule has 6 N–H and O–H groups in total. The number of carbonyl (C=O) groups excluding carboxylic acids is 4. The van der Waals surface area contributed by atoms with Crippen LogP contribution in [-0.4, -0.2) is 69.9 Å². The number of aliphatic carboxylic acids is 1. The number of thioether (sulfide) groups is 1. The van der Waals surface area contributed by atoms with Crippen molar-refractivity contribution in [3.05, 3.63) is 95.7 Å². The van der Waals surface area contributed by atoms with Gasteiger partial charge in [0, 0.05) is 49.0 Å². The number of hydrogen-bond donors (Lipinski definition) is 5. The highest BCUT2D eigenvalue weighted by Gasteiger charge is 2.22. The number of carboxylic acid groups (broad SMARTS) is 1. The molecule has 0 heterocycles. The van der Waals surface area contributed by atoms with Crippen LogP contribution >= 0.6 is 11.8 Å². The Hall–Kier alpha value is -4.26. The number of nitrogens with two attached hydrogens (primary N) is 1. The van der Waals surface area contributed by atoms with Crippen molar-refractivity contribution in [1.82, 2.24) is 5.32 Å². The van der Waals surface area contributed by atoms with E-state index in [1.807, 2.05) is 61.6 Å². The highest BCUT2D eigenvalue weighted by Crippen LogP contribution is 2.24. The van der Waals surface area contributed by atoms with Gasteiger partial charge in [-0.3, -0.25) is 29.7 Å². The number of carbonyl (C=O) groups is 5. The molecule has 0 fully saturated rings. The Balaban J connectivity index is 5.27.